The van der Waals surface area contributed by atoms with E-state index in [9.17, 15) is 0 Å². The van der Waals surface area contributed by atoms with Gasteiger partial charge in [-0.1, -0.05) is 52.3 Å². The average molecular weight is 332 g/mol. The number of nitrogens with one attached hydrogen (secondary N) is 1. The Morgan fingerprint density at radius 3 is 2.10 bits per heavy atom. The molecule has 0 aliphatic heterocycles. The Hall–Kier alpha value is -1.12. The van der Waals surface area contributed by atoms with Crippen LogP contribution in [0.1, 0.15) is 33.9 Å². The monoisotopic (exact) mass is 331 g/mol. The molecule has 0 aliphatic rings. The summed E-state index contributed by atoms with van der Waals surface area (Å²) in [6, 6.07) is 13.3. The van der Waals surface area contributed by atoms with Crippen molar-refractivity contribution in [3.05, 3.63) is 68.7 Å². The summed E-state index contributed by atoms with van der Waals surface area (Å²) in [7, 11) is 2.03. The summed E-state index contributed by atoms with van der Waals surface area (Å²) in [6.45, 7) is 6.53. The molecule has 0 radical (unpaired) electrons. The van der Waals surface area contributed by atoms with Gasteiger partial charge in [-0.15, -0.1) is 0 Å². The van der Waals surface area contributed by atoms with E-state index in [1.165, 1.54) is 32.3 Å². The van der Waals surface area contributed by atoms with Crippen molar-refractivity contribution < 1.29 is 0 Å². The molecule has 0 saturated carbocycles. The number of aryl methyl sites for hydroxylation is 3. The van der Waals surface area contributed by atoms with Gasteiger partial charge < -0.3 is 5.32 Å². The molecule has 0 heterocycles. The Labute approximate surface area is 130 Å². The van der Waals surface area contributed by atoms with Gasteiger partial charge in [-0.3, -0.25) is 0 Å². The number of hydrogen-bond donors (Lipinski definition) is 1. The van der Waals surface area contributed by atoms with Crippen LogP contribution in [0.15, 0.2) is 40.9 Å². The highest BCUT2D eigenvalue weighted by Gasteiger charge is 2.16. The van der Waals surface area contributed by atoms with Crippen molar-refractivity contribution >= 4 is 15.9 Å². The largest absolute Gasteiger partial charge is 0.313 e. The summed E-state index contributed by atoms with van der Waals surface area (Å²) in [4.78, 5) is 0. The predicted molar refractivity (Wildman–Crippen MR) is 90.3 cm³/mol. The SMILES string of the molecule is CNC(Cc1c(C)cccc1C)c1cccc(C)c1Br. The molecule has 0 aromatic heterocycles. The van der Waals surface area contributed by atoms with Crippen molar-refractivity contribution in [2.24, 2.45) is 0 Å². The molecule has 0 spiro atoms. The lowest BCUT2D eigenvalue weighted by Gasteiger charge is -2.21. The van der Waals surface area contributed by atoms with Gasteiger partial charge in [0.25, 0.3) is 0 Å². The van der Waals surface area contributed by atoms with E-state index < -0.39 is 0 Å². The number of rotatable bonds is 4. The van der Waals surface area contributed by atoms with Crippen molar-refractivity contribution in [3.63, 3.8) is 0 Å². The Bertz CT molecular complexity index is 584. The van der Waals surface area contributed by atoms with Crippen LogP contribution < -0.4 is 5.32 Å². The van der Waals surface area contributed by atoms with E-state index in [0.717, 1.165) is 6.42 Å². The lowest BCUT2D eigenvalue weighted by atomic mass is 9.92. The van der Waals surface area contributed by atoms with Gasteiger partial charge in [-0.25, -0.2) is 0 Å². The minimum atomic E-state index is 0.323. The van der Waals surface area contributed by atoms with Crippen molar-refractivity contribution in [2.45, 2.75) is 33.2 Å². The minimum Gasteiger partial charge on any atom is -0.313 e. The van der Waals surface area contributed by atoms with Gasteiger partial charge in [0.05, 0.1) is 0 Å². The van der Waals surface area contributed by atoms with Gasteiger partial charge >= 0.3 is 0 Å². The molecular formula is C18H22BrN. The highest BCUT2D eigenvalue weighted by molar-refractivity contribution is 9.10. The molecular weight excluding hydrogens is 310 g/mol. The summed E-state index contributed by atoms with van der Waals surface area (Å²) in [5, 5.41) is 3.46. The van der Waals surface area contributed by atoms with E-state index in [-0.39, 0.29) is 0 Å². The molecule has 2 aromatic rings. The molecule has 1 unspecified atom stereocenters. The zero-order valence-corrected chi connectivity index (χ0v) is 14.2. The molecule has 0 aliphatic carbocycles. The third-order valence-electron chi connectivity index (χ3n) is 4.00. The minimum absolute atomic E-state index is 0.323. The van der Waals surface area contributed by atoms with Crippen LogP contribution in [-0.2, 0) is 6.42 Å². The number of benzene rings is 2. The number of hydrogen-bond acceptors (Lipinski definition) is 1. The maximum atomic E-state index is 3.73. The second kappa shape index (κ2) is 6.55. The lowest BCUT2D eigenvalue weighted by molar-refractivity contribution is 0.586. The Morgan fingerprint density at radius 2 is 1.50 bits per heavy atom. The zero-order valence-electron chi connectivity index (χ0n) is 12.6. The fraction of sp³-hybridized carbons (Fsp3) is 0.333. The van der Waals surface area contributed by atoms with E-state index in [4.69, 9.17) is 0 Å². The fourth-order valence-electron chi connectivity index (χ4n) is 2.68. The van der Waals surface area contributed by atoms with Crippen LogP contribution in [0, 0.1) is 20.8 Å². The summed E-state index contributed by atoms with van der Waals surface area (Å²) >= 11 is 3.73. The van der Waals surface area contributed by atoms with Gasteiger partial charge in [-0.05, 0) is 62.1 Å². The number of halogens is 1. The zero-order chi connectivity index (χ0) is 14.7. The van der Waals surface area contributed by atoms with Gasteiger partial charge in [0.15, 0.2) is 0 Å². The van der Waals surface area contributed by atoms with Crippen molar-refractivity contribution in [3.8, 4) is 0 Å². The number of likely N-dealkylation sites (N-methyl/N-ethyl adjacent to an activating group) is 1. The molecule has 0 saturated heterocycles. The molecule has 106 valence electrons. The molecule has 2 aromatic carbocycles. The Balaban J connectivity index is 2.37. The van der Waals surface area contributed by atoms with Crippen molar-refractivity contribution in [1.29, 1.82) is 0 Å². The standard InChI is InChI=1S/C18H22BrN/c1-12-7-5-8-13(2)16(12)11-17(20-4)15-10-6-9-14(3)18(15)19/h5-10,17,20H,11H2,1-4H3. The smallest absolute Gasteiger partial charge is 0.0369 e. The van der Waals surface area contributed by atoms with Crippen molar-refractivity contribution in [1.82, 2.24) is 5.32 Å². The normalized spacial score (nSPS) is 12.4. The quantitative estimate of drug-likeness (QED) is 0.842. The van der Waals surface area contributed by atoms with Gasteiger partial charge in [0.1, 0.15) is 0 Å². The molecule has 2 heteroatoms. The predicted octanol–water partition coefficient (Wildman–Crippen LogP) is 4.88. The van der Waals surface area contributed by atoms with Crippen LogP contribution >= 0.6 is 15.9 Å². The molecule has 20 heavy (non-hydrogen) atoms. The lowest BCUT2D eigenvalue weighted by Crippen LogP contribution is -2.20. The van der Waals surface area contributed by atoms with Crippen LogP contribution in [0.5, 0.6) is 0 Å². The molecule has 1 nitrogen and oxygen atoms in total. The third kappa shape index (κ3) is 3.13. The summed E-state index contributed by atoms with van der Waals surface area (Å²) in [5.74, 6) is 0. The highest BCUT2D eigenvalue weighted by atomic mass is 79.9. The van der Waals surface area contributed by atoms with E-state index in [2.05, 4.69) is 78.4 Å². The maximum absolute atomic E-state index is 3.73. The Kier molecular flexibility index (Phi) is 5.00. The first-order valence-electron chi connectivity index (χ1n) is 7.02. The summed E-state index contributed by atoms with van der Waals surface area (Å²) in [5.41, 5.74) is 6.79. The molecule has 1 atom stereocenters. The van der Waals surface area contributed by atoms with Crippen molar-refractivity contribution in [2.75, 3.05) is 7.05 Å². The summed E-state index contributed by atoms with van der Waals surface area (Å²) in [6.07, 6.45) is 1.01. The van der Waals surface area contributed by atoms with Crippen LogP contribution in [0.25, 0.3) is 0 Å². The van der Waals surface area contributed by atoms with Gasteiger partial charge in [0.2, 0.25) is 0 Å². The molecule has 0 fully saturated rings. The first-order valence-corrected chi connectivity index (χ1v) is 7.81. The molecule has 1 N–H and O–H groups in total. The molecule has 0 amide bonds. The molecule has 2 rings (SSSR count). The highest BCUT2D eigenvalue weighted by Crippen LogP contribution is 2.30. The fourth-order valence-corrected chi connectivity index (χ4v) is 3.22. The Morgan fingerprint density at radius 1 is 0.950 bits per heavy atom. The first-order chi connectivity index (χ1) is 9.54. The average Bonchev–Trinajstić information content (AvgIpc) is 2.42. The van der Waals surface area contributed by atoms with Crippen LogP contribution in [0.3, 0.4) is 0 Å². The summed E-state index contributed by atoms with van der Waals surface area (Å²) < 4.78 is 1.21. The van der Waals surface area contributed by atoms with Gasteiger partial charge in [0, 0.05) is 10.5 Å². The second-order valence-corrected chi connectivity index (χ2v) is 6.19. The third-order valence-corrected chi connectivity index (χ3v) is 5.08. The maximum Gasteiger partial charge on any atom is 0.0369 e. The van der Waals surface area contributed by atoms with E-state index >= 15 is 0 Å². The van der Waals surface area contributed by atoms with Crippen LogP contribution in [-0.4, -0.2) is 7.05 Å². The molecule has 0 bridgehead atoms. The van der Waals surface area contributed by atoms with E-state index in [1.807, 2.05) is 7.05 Å². The second-order valence-electron chi connectivity index (χ2n) is 5.39. The van der Waals surface area contributed by atoms with E-state index in [0.29, 0.717) is 6.04 Å². The van der Waals surface area contributed by atoms with Crippen LogP contribution in [0.2, 0.25) is 0 Å². The van der Waals surface area contributed by atoms with Gasteiger partial charge in [-0.2, -0.15) is 0 Å². The topological polar surface area (TPSA) is 12.0 Å². The first kappa shape index (κ1) is 15.3. The van der Waals surface area contributed by atoms with Crippen LogP contribution in [0.4, 0.5) is 0 Å². The van der Waals surface area contributed by atoms with E-state index in [1.54, 1.807) is 0 Å².